The van der Waals surface area contributed by atoms with E-state index in [1.54, 1.807) is 19.2 Å². The quantitative estimate of drug-likeness (QED) is 0.247. The summed E-state index contributed by atoms with van der Waals surface area (Å²) in [6, 6.07) is 19.3. The molecule has 4 nitrogen and oxygen atoms in total. The van der Waals surface area contributed by atoms with Crippen LogP contribution in [0.25, 0.3) is 11.1 Å². The third-order valence-electron chi connectivity index (χ3n) is 8.71. The molecule has 0 radical (unpaired) electrons. The van der Waals surface area contributed by atoms with E-state index >= 15 is 4.39 Å². The molecule has 5 heteroatoms. The lowest BCUT2D eigenvalue weighted by Gasteiger charge is -2.30. The number of halogens is 1. The van der Waals surface area contributed by atoms with Gasteiger partial charge in [-0.15, -0.1) is 0 Å². The lowest BCUT2D eigenvalue weighted by atomic mass is 9.75. The maximum absolute atomic E-state index is 15.1. The van der Waals surface area contributed by atoms with E-state index in [1.165, 1.54) is 25.2 Å². The zero-order valence-electron chi connectivity index (χ0n) is 23.5. The van der Waals surface area contributed by atoms with E-state index in [9.17, 15) is 4.79 Å². The van der Waals surface area contributed by atoms with Crippen LogP contribution >= 0.6 is 0 Å². The largest absolute Gasteiger partial charge is 0.497 e. The van der Waals surface area contributed by atoms with Crippen LogP contribution in [0.4, 0.5) is 4.39 Å². The van der Waals surface area contributed by atoms with Gasteiger partial charge >= 0.3 is 5.97 Å². The molecule has 2 saturated carbocycles. The molecule has 2 aliphatic rings. The van der Waals surface area contributed by atoms with E-state index in [0.717, 1.165) is 48.1 Å². The van der Waals surface area contributed by atoms with Crippen molar-refractivity contribution in [2.45, 2.75) is 70.8 Å². The van der Waals surface area contributed by atoms with Gasteiger partial charge in [0.2, 0.25) is 0 Å². The monoisotopic (exact) mass is 530 g/mol. The minimum atomic E-state index is -0.245. The summed E-state index contributed by atoms with van der Waals surface area (Å²) in [5.41, 5.74) is 4.98. The Bertz CT molecular complexity index is 1330. The smallest absolute Gasteiger partial charge is 0.306 e. The molecule has 0 spiro atoms. The lowest BCUT2D eigenvalue weighted by Crippen LogP contribution is -2.17. The number of rotatable bonds is 10. The van der Waals surface area contributed by atoms with Crippen LogP contribution < -0.4 is 9.47 Å². The Labute approximate surface area is 231 Å². The van der Waals surface area contributed by atoms with Gasteiger partial charge in [0.05, 0.1) is 20.6 Å². The number of carbonyl (C=O) groups excluding carboxylic acids is 1. The summed E-state index contributed by atoms with van der Waals surface area (Å²) in [7, 11) is 3.05. The second kappa shape index (κ2) is 11.4. The normalized spacial score (nSPS) is 18.9. The van der Waals surface area contributed by atoms with E-state index in [-0.39, 0.29) is 23.1 Å². The van der Waals surface area contributed by atoms with Crippen LogP contribution in [0, 0.1) is 17.2 Å². The first-order chi connectivity index (χ1) is 18.8. The van der Waals surface area contributed by atoms with Crippen LogP contribution in [0.2, 0.25) is 0 Å². The van der Waals surface area contributed by atoms with Gasteiger partial charge in [0.1, 0.15) is 23.9 Å². The molecule has 0 amide bonds. The molecule has 2 aliphatic carbocycles. The molecule has 206 valence electrons. The van der Waals surface area contributed by atoms with Crippen molar-refractivity contribution in [3.05, 3.63) is 83.2 Å². The van der Waals surface area contributed by atoms with E-state index in [0.29, 0.717) is 36.2 Å². The van der Waals surface area contributed by atoms with Gasteiger partial charge in [-0.25, -0.2) is 4.39 Å². The number of methoxy groups -OCH3 is 2. The average Bonchev–Trinajstić information content (AvgIpc) is 3.72. The van der Waals surface area contributed by atoms with Gasteiger partial charge < -0.3 is 14.2 Å². The van der Waals surface area contributed by atoms with Crippen LogP contribution in [0.15, 0.2) is 60.7 Å². The highest BCUT2D eigenvalue weighted by molar-refractivity contribution is 5.71. The third kappa shape index (κ3) is 6.13. The van der Waals surface area contributed by atoms with Gasteiger partial charge in [0.15, 0.2) is 0 Å². The van der Waals surface area contributed by atoms with Crippen molar-refractivity contribution in [3.63, 3.8) is 0 Å². The molecule has 0 heterocycles. The maximum atomic E-state index is 15.1. The maximum Gasteiger partial charge on any atom is 0.306 e. The third-order valence-corrected chi connectivity index (χ3v) is 8.71. The first kappa shape index (κ1) is 27.2. The molecule has 3 aromatic rings. The van der Waals surface area contributed by atoms with Crippen molar-refractivity contribution in [2.75, 3.05) is 14.2 Å². The Balaban J connectivity index is 1.42. The fourth-order valence-electron chi connectivity index (χ4n) is 6.30. The van der Waals surface area contributed by atoms with Crippen molar-refractivity contribution in [1.82, 2.24) is 0 Å². The van der Waals surface area contributed by atoms with Crippen LogP contribution in [-0.4, -0.2) is 20.2 Å². The molecular weight excluding hydrogens is 491 g/mol. The average molecular weight is 531 g/mol. The molecule has 2 atom stereocenters. The molecular formula is C34H39FO4. The number of hydrogen-bond acceptors (Lipinski definition) is 4. The predicted molar refractivity (Wildman–Crippen MR) is 152 cm³/mol. The zero-order chi connectivity index (χ0) is 27.6. The Hall–Kier alpha value is -3.34. The van der Waals surface area contributed by atoms with Gasteiger partial charge in [0, 0.05) is 5.56 Å². The summed E-state index contributed by atoms with van der Waals surface area (Å²) in [4.78, 5) is 12.0. The van der Waals surface area contributed by atoms with E-state index < -0.39 is 0 Å². The summed E-state index contributed by atoms with van der Waals surface area (Å²) in [6.07, 6.45) is 6.09. The van der Waals surface area contributed by atoms with E-state index in [1.807, 2.05) is 24.3 Å². The lowest BCUT2D eigenvalue weighted by molar-refractivity contribution is -0.141. The van der Waals surface area contributed by atoms with Crippen molar-refractivity contribution in [2.24, 2.45) is 11.3 Å². The fraction of sp³-hybridized carbons (Fsp3) is 0.441. The molecule has 0 aromatic heterocycles. The van der Waals surface area contributed by atoms with Crippen LogP contribution in [0.1, 0.15) is 80.9 Å². The molecule has 39 heavy (non-hydrogen) atoms. The van der Waals surface area contributed by atoms with Crippen LogP contribution in [0.3, 0.4) is 0 Å². The number of esters is 1. The molecule has 0 aliphatic heterocycles. The second-order valence-electron chi connectivity index (χ2n) is 11.8. The van der Waals surface area contributed by atoms with E-state index in [4.69, 9.17) is 14.2 Å². The molecule has 0 N–H and O–H groups in total. The summed E-state index contributed by atoms with van der Waals surface area (Å²) in [5, 5.41) is 0. The van der Waals surface area contributed by atoms with Crippen molar-refractivity contribution in [3.8, 4) is 22.6 Å². The van der Waals surface area contributed by atoms with Crippen molar-refractivity contribution < 1.29 is 23.4 Å². The predicted octanol–water partition coefficient (Wildman–Crippen LogP) is 8.43. The molecule has 0 unspecified atom stereocenters. The number of benzene rings is 3. The highest BCUT2D eigenvalue weighted by atomic mass is 19.1. The van der Waals surface area contributed by atoms with Gasteiger partial charge in [-0.3, -0.25) is 4.79 Å². The molecule has 2 fully saturated rings. The Morgan fingerprint density at radius 2 is 1.79 bits per heavy atom. The topological polar surface area (TPSA) is 44.8 Å². The van der Waals surface area contributed by atoms with Crippen molar-refractivity contribution >= 4 is 5.97 Å². The first-order valence-corrected chi connectivity index (χ1v) is 14.1. The minimum Gasteiger partial charge on any atom is -0.497 e. The molecule has 0 saturated heterocycles. The molecule has 3 aromatic carbocycles. The van der Waals surface area contributed by atoms with Crippen LogP contribution in [0.5, 0.6) is 11.5 Å². The first-order valence-electron chi connectivity index (χ1n) is 14.1. The highest BCUT2D eigenvalue weighted by Gasteiger charge is 2.37. The van der Waals surface area contributed by atoms with Gasteiger partial charge in [-0.2, -0.15) is 0 Å². The SMILES string of the molecule is COC(=O)C[C@@H](c1cccc(OCc2ccc(-c3cc(OC)ccc3F)c([C@@H]3CCCC3(C)C)c2)c1)C1CC1. The summed E-state index contributed by atoms with van der Waals surface area (Å²) in [5.74, 6) is 2.04. The number of hydrogen-bond donors (Lipinski definition) is 0. The van der Waals surface area contributed by atoms with E-state index in [2.05, 4.69) is 32.0 Å². The summed E-state index contributed by atoms with van der Waals surface area (Å²) in [6.45, 7) is 5.04. The molecule has 5 rings (SSSR count). The van der Waals surface area contributed by atoms with Gasteiger partial charge in [-0.1, -0.05) is 50.6 Å². The van der Waals surface area contributed by atoms with Gasteiger partial charge in [0.25, 0.3) is 0 Å². The van der Waals surface area contributed by atoms with Gasteiger partial charge in [-0.05, 0) is 101 Å². The Kier molecular flexibility index (Phi) is 7.97. The summed E-state index contributed by atoms with van der Waals surface area (Å²) < 4.78 is 31.7. The second-order valence-corrected chi connectivity index (χ2v) is 11.8. The Morgan fingerprint density at radius 1 is 0.974 bits per heavy atom. The fourth-order valence-corrected chi connectivity index (χ4v) is 6.30. The van der Waals surface area contributed by atoms with Crippen LogP contribution in [-0.2, 0) is 16.1 Å². The van der Waals surface area contributed by atoms with Crippen molar-refractivity contribution in [1.29, 1.82) is 0 Å². The summed E-state index contributed by atoms with van der Waals surface area (Å²) >= 11 is 0. The minimum absolute atomic E-state index is 0.134. The highest BCUT2D eigenvalue weighted by Crippen LogP contribution is 2.51. The number of carbonyl (C=O) groups is 1. The Morgan fingerprint density at radius 3 is 2.49 bits per heavy atom. The molecule has 0 bridgehead atoms. The zero-order valence-corrected chi connectivity index (χ0v) is 23.5. The number of ether oxygens (including phenoxy) is 3. The standard InChI is InChI=1S/C34H39FO4/c1-34(2)16-6-9-31(34)29-17-22(10-14-27(29)30-19-25(37-3)13-15-32(30)35)21-39-26-8-5-7-24(18-26)28(23-11-12-23)20-33(36)38-4/h5,7-8,10,13-15,17-19,23,28,31H,6,9,11-12,16,20-21H2,1-4H3/t28-,31+/m1/s1.